The summed E-state index contributed by atoms with van der Waals surface area (Å²) in [6.45, 7) is 1.70. The van der Waals surface area contributed by atoms with Crippen LogP contribution in [0.3, 0.4) is 0 Å². The van der Waals surface area contributed by atoms with Crippen LogP contribution in [0.1, 0.15) is 29.6 Å². The number of hydrogen-bond acceptors (Lipinski definition) is 3. The van der Waals surface area contributed by atoms with Crippen molar-refractivity contribution < 1.29 is 13.2 Å². The highest BCUT2D eigenvalue weighted by molar-refractivity contribution is 7.90. The van der Waals surface area contributed by atoms with Crippen LogP contribution in [0.2, 0.25) is 0 Å². The van der Waals surface area contributed by atoms with Gasteiger partial charge in [0.15, 0.2) is 0 Å². The standard InChI is InChI=1S/C13H16N2O3S/c16-10-12-4-6-13(7-5-12)19(17,18)14-11-15-8-2-1-3-9-15/h4-7,10-11H,1-3,8-9H2/b14-11+. The van der Waals surface area contributed by atoms with Crippen molar-refractivity contribution in [3.05, 3.63) is 29.8 Å². The quantitative estimate of drug-likeness (QED) is 0.478. The third kappa shape index (κ3) is 3.64. The van der Waals surface area contributed by atoms with Gasteiger partial charge >= 0.3 is 0 Å². The van der Waals surface area contributed by atoms with E-state index in [1.165, 1.54) is 37.0 Å². The zero-order chi connectivity index (χ0) is 13.7. The topological polar surface area (TPSA) is 66.8 Å². The molecule has 1 saturated heterocycles. The van der Waals surface area contributed by atoms with Crippen LogP contribution in [-0.4, -0.2) is 39.0 Å². The summed E-state index contributed by atoms with van der Waals surface area (Å²) in [5, 5.41) is 0. The van der Waals surface area contributed by atoms with Crippen LogP contribution in [0.4, 0.5) is 0 Å². The Kier molecular flexibility index (Phi) is 4.31. The van der Waals surface area contributed by atoms with Gasteiger partial charge in [0.2, 0.25) is 0 Å². The maximum Gasteiger partial charge on any atom is 0.283 e. The first-order valence-electron chi connectivity index (χ1n) is 6.21. The van der Waals surface area contributed by atoms with Gasteiger partial charge in [-0.25, -0.2) is 0 Å². The molecular weight excluding hydrogens is 264 g/mol. The van der Waals surface area contributed by atoms with Crippen molar-refractivity contribution in [3.8, 4) is 0 Å². The van der Waals surface area contributed by atoms with Crippen molar-refractivity contribution in [1.82, 2.24) is 4.90 Å². The van der Waals surface area contributed by atoms with Gasteiger partial charge in [-0.15, -0.1) is 4.40 Å². The van der Waals surface area contributed by atoms with Crippen LogP contribution in [0.5, 0.6) is 0 Å². The van der Waals surface area contributed by atoms with Crippen molar-refractivity contribution in [2.45, 2.75) is 24.2 Å². The van der Waals surface area contributed by atoms with E-state index in [0.29, 0.717) is 11.8 Å². The summed E-state index contributed by atoms with van der Waals surface area (Å²) >= 11 is 0. The molecule has 1 heterocycles. The van der Waals surface area contributed by atoms with E-state index >= 15 is 0 Å². The molecule has 0 unspecified atom stereocenters. The van der Waals surface area contributed by atoms with E-state index in [9.17, 15) is 13.2 Å². The largest absolute Gasteiger partial charge is 0.362 e. The third-order valence-corrected chi connectivity index (χ3v) is 4.29. The first-order valence-corrected chi connectivity index (χ1v) is 7.65. The van der Waals surface area contributed by atoms with Crippen LogP contribution >= 0.6 is 0 Å². The number of rotatable bonds is 4. The average Bonchev–Trinajstić information content (AvgIpc) is 2.46. The number of nitrogens with zero attached hydrogens (tertiary/aromatic N) is 2. The van der Waals surface area contributed by atoms with Crippen LogP contribution < -0.4 is 0 Å². The maximum absolute atomic E-state index is 12.0. The molecule has 1 aliphatic heterocycles. The average molecular weight is 280 g/mol. The number of sulfonamides is 1. The van der Waals surface area contributed by atoms with E-state index in [4.69, 9.17) is 0 Å². The number of carbonyl (C=O) groups is 1. The highest BCUT2D eigenvalue weighted by Gasteiger charge is 2.13. The first-order chi connectivity index (χ1) is 9.12. The summed E-state index contributed by atoms with van der Waals surface area (Å²) in [4.78, 5) is 12.5. The highest BCUT2D eigenvalue weighted by atomic mass is 32.2. The number of carbonyl (C=O) groups excluding carboxylic acids is 1. The molecule has 1 aromatic rings. The minimum Gasteiger partial charge on any atom is -0.362 e. The van der Waals surface area contributed by atoms with Gasteiger partial charge in [0.05, 0.1) is 4.90 Å². The fourth-order valence-electron chi connectivity index (χ4n) is 1.94. The summed E-state index contributed by atoms with van der Waals surface area (Å²) in [6, 6.07) is 5.73. The molecule has 5 nitrogen and oxygen atoms in total. The first kappa shape index (κ1) is 13.7. The molecule has 6 heteroatoms. The molecule has 0 bridgehead atoms. The molecule has 0 amide bonds. The molecule has 19 heavy (non-hydrogen) atoms. The predicted molar refractivity (Wildman–Crippen MR) is 72.9 cm³/mol. The van der Waals surface area contributed by atoms with Gasteiger partial charge in [-0.2, -0.15) is 8.42 Å². The van der Waals surface area contributed by atoms with E-state index in [1.54, 1.807) is 0 Å². The lowest BCUT2D eigenvalue weighted by Crippen LogP contribution is -2.28. The highest BCUT2D eigenvalue weighted by Crippen LogP contribution is 2.13. The monoisotopic (exact) mass is 280 g/mol. The molecule has 0 aliphatic carbocycles. The second-order valence-electron chi connectivity index (χ2n) is 4.48. The summed E-state index contributed by atoms with van der Waals surface area (Å²) in [5.74, 6) is 0. The minimum absolute atomic E-state index is 0.103. The Morgan fingerprint density at radius 3 is 2.26 bits per heavy atom. The Balaban J connectivity index is 2.12. The SMILES string of the molecule is O=Cc1ccc(S(=O)(=O)/N=C/N2CCCCC2)cc1. The third-order valence-electron chi connectivity index (χ3n) is 3.05. The van der Waals surface area contributed by atoms with E-state index in [-0.39, 0.29) is 4.90 Å². The van der Waals surface area contributed by atoms with Crippen LogP contribution in [0.25, 0.3) is 0 Å². The molecule has 1 fully saturated rings. The minimum atomic E-state index is -3.67. The van der Waals surface area contributed by atoms with Crippen molar-refractivity contribution >= 4 is 22.6 Å². The van der Waals surface area contributed by atoms with Crippen LogP contribution in [-0.2, 0) is 10.0 Å². The van der Waals surface area contributed by atoms with Crippen molar-refractivity contribution in [2.24, 2.45) is 4.40 Å². The number of likely N-dealkylation sites (tertiary alicyclic amines) is 1. The Morgan fingerprint density at radius 1 is 1.05 bits per heavy atom. The molecule has 0 atom stereocenters. The number of piperidine rings is 1. The Labute approximate surface area is 113 Å². The van der Waals surface area contributed by atoms with Gasteiger partial charge < -0.3 is 4.90 Å². The van der Waals surface area contributed by atoms with Crippen LogP contribution in [0.15, 0.2) is 33.6 Å². The number of aldehydes is 1. The molecule has 0 aromatic heterocycles. The number of hydrogen-bond donors (Lipinski definition) is 0. The number of benzene rings is 1. The molecule has 2 rings (SSSR count). The lowest BCUT2D eigenvalue weighted by Gasteiger charge is -2.23. The summed E-state index contributed by atoms with van der Waals surface area (Å²) in [5.41, 5.74) is 0.443. The van der Waals surface area contributed by atoms with Crippen molar-refractivity contribution in [3.63, 3.8) is 0 Å². The van der Waals surface area contributed by atoms with Gasteiger partial charge in [0.25, 0.3) is 10.0 Å². The summed E-state index contributed by atoms with van der Waals surface area (Å²) in [6.07, 6.45) is 5.40. The summed E-state index contributed by atoms with van der Waals surface area (Å²) in [7, 11) is -3.67. The summed E-state index contributed by atoms with van der Waals surface area (Å²) < 4.78 is 27.6. The van der Waals surface area contributed by atoms with E-state index in [1.807, 2.05) is 4.90 Å². The lowest BCUT2D eigenvalue weighted by atomic mass is 10.1. The molecule has 0 saturated carbocycles. The van der Waals surface area contributed by atoms with Gasteiger partial charge in [-0.3, -0.25) is 4.79 Å². The Hall–Kier alpha value is -1.69. The van der Waals surface area contributed by atoms with Gasteiger partial charge in [0.1, 0.15) is 12.6 Å². The van der Waals surface area contributed by atoms with E-state index in [2.05, 4.69) is 4.40 Å². The lowest BCUT2D eigenvalue weighted by molar-refractivity contribution is 0.112. The zero-order valence-corrected chi connectivity index (χ0v) is 11.3. The van der Waals surface area contributed by atoms with Gasteiger partial charge in [-0.05, 0) is 31.4 Å². The molecule has 1 aromatic carbocycles. The van der Waals surface area contributed by atoms with Gasteiger partial charge in [-0.1, -0.05) is 12.1 Å². The van der Waals surface area contributed by atoms with Crippen molar-refractivity contribution in [2.75, 3.05) is 13.1 Å². The van der Waals surface area contributed by atoms with Crippen molar-refractivity contribution in [1.29, 1.82) is 0 Å². The zero-order valence-electron chi connectivity index (χ0n) is 10.5. The van der Waals surface area contributed by atoms with E-state index < -0.39 is 10.0 Å². The maximum atomic E-state index is 12.0. The van der Waals surface area contributed by atoms with Gasteiger partial charge in [0, 0.05) is 18.7 Å². The predicted octanol–water partition coefficient (Wildman–Crippen LogP) is 1.70. The Morgan fingerprint density at radius 2 is 1.68 bits per heavy atom. The second kappa shape index (κ2) is 5.97. The molecular formula is C13H16N2O3S. The molecule has 0 radical (unpaired) electrons. The fraction of sp³-hybridized carbons (Fsp3) is 0.385. The van der Waals surface area contributed by atoms with E-state index in [0.717, 1.165) is 25.9 Å². The second-order valence-corrected chi connectivity index (χ2v) is 6.11. The smallest absolute Gasteiger partial charge is 0.283 e. The molecule has 102 valence electrons. The fourth-order valence-corrected chi connectivity index (χ4v) is 2.80. The molecule has 0 N–H and O–H groups in total. The Bertz CT molecular complexity index is 558. The van der Waals surface area contributed by atoms with Crippen LogP contribution in [0, 0.1) is 0 Å². The molecule has 0 spiro atoms. The molecule has 1 aliphatic rings. The normalized spacial score (nSPS) is 16.7.